The number of nitrogens with one attached hydrogen (secondary N) is 2. The second-order valence-corrected chi connectivity index (χ2v) is 7.00. The fraction of sp³-hybridized carbons (Fsp3) is 0.667. The topological polar surface area (TPSA) is 91.3 Å². The molecule has 0 spiro atoms. The van der Waals surface area contributed by atoms with Crippen LogP contribution in [0.2, 0.25) is 0 Å². The van der Waals surface area contributed by atoms with Gasteiger partial charge in [-0.05, 0) is 45.2 Å². The number of amides is 1. The molecule has 2 atom stereocenters. The third-order valence-electron chi connectivity index (χ3n) is 4.56. The Hall–Kier alpha value is -1.47. The van der Waals surface area contributed by atoms with Crippen molar-refractivity contribution >= 4 is 23.2 Å². The number of carbonyl (C=O) groups is 2. The lowest BCUT2D eigenvalue weighted by Crippen LogP contribution is -2.33. The molecular formula is C15H21N3O3S. The van der Waals surface area contributed by atoms with Crippen LogP contribution in [0.3, 0.4) is 0 Å². The molecule has 1 aromatic rings. The van der Waals surface area contributed by atoms with E-state index < -0.39 is 5.97 Å². The number of nitrogens with zero attached hydrogens (tertiary/aromatic N) is 1. The zero-order valence-electron chi connectivity index (χ0n) is 12.4. The van der Waals surface area contributed by atoms with Gasteiger partial charge in [-0.25, -0.2) is 4.98 Å². The third-order valence-corrected chi connectivity index (χ3v) is 5.57. The summed E-state index contributed by atoms with van der Waals surface area (Å²) >= 11 is 1.55. The molecule has 1 saturated carbocycles. The number of aromatic nitrogens is 1. The first-order valence-electron chi connectivity index (χ1n) is 7.83. The van der Waals surface area contributed by atoms with Gasteiger partial charge in [0.1, 0.15) is 5.69 Å². The third kappa shape index (κ3) is 3.47. The second kappa shape index (κ2) is 6.75. The summed E-state index contributed by atoms with van der Waals surface area (Å²) in [7, 11) is 0. The Morgan fingerprint density at radius 3 is 2.73 bits per heavy atom. The highest BCUT2D eigenvalue weighted by Gasteiger charge is 2.31. The molecule has 1 aliphatic heterocycles. The van der Waals surface area contributed by atoms with Crippen LogP contribution in [-0.4, -0.2) is 41.1 Å². The van der Waals surface area contributed by atoms with Crippen molar-refractivity contribution in [3.05, 3.63) is 16.1 Å². The lowest BCUT2D eigenvalue weighted by Gasteiger charge is -2.20. The molecule has 1 amide bonds. The Balaban J connectivity index is 1.56. The van der Waals surface area contributed by atoms with Crippen molar-refractivity contribution in [2.24, 2.45) is 5.92 Å². The van der Waals surface area contributed by atoms with Crippen LogP contribution in [-0.2, 0) is 4.79 Å². The summed E-state index contributed by atoms with van der Waals surface area (Å²) < 4.78 is 0. The first-order valence-corrected chi connectivity index (χ1v) is 8.71. The van der Waals surface area contributed by atoms with Crippen molar-refractivity contribution < 1.29 is 14.7 Å². The number of carbonyl (C=O) groups excluding carboxylic acids is 1. The average molecular weight is 323 g/mol. The van der Waals surface area contributed by atoms with Gasteiger partial charge in [-0.1, -0.05) is 0 Å². The molecule has 22 heavy (non-hydrogen) atoms. The van der Waals surface area contributed by atoms with Gasteiger partial charge in [0.25, 0.3) is 5.91 Å². The number of piperidine rings is 1. The number of carboxylic acid groups (broad SMARTS) is 1. The predicted molar refractivity (Wildman–Crippen MR) is 83.2 cm³/mol. The van der Waals surface area contributed by atoms with Crippen LogP contribution in [0.1, 0.15) is 53.5 Å². The molecule has 3 rings (SSSR count). The summed E-state index contributed by atoms with van der Waals surface area (Å²) in [5.74, 6) is -0.812. The molecule has 6 nitrogen and oxygen atoms in total. The van der Waals surface area contributed by atoms with Crippen LogP contribution in [0, 0.1) is 5.92 Å². The molecule has 2 fully saturated rings. The molecule has 1 aliphatic carbocycles. The van der Waals surface area contributed by atoms with Crippen LogP contribution in [0.4, 0.5) is 0 Å². The van der Waals surface area contributed by atoms with Crippen molar-refractivity contribution in [1.82, 2.24) is 15.6 Å². The van der Waals surface area contributed by atoms with Gasteiger partial charge in [-0.15, -0.1) is 11.3 Å². The Morgan fingerprint density at radius 1 is 1.27 bits per heavy atom. The molecule has 1 aromatic heterocycles. The van der Waals surface area contributed by atoms with Crippen LogP contribution >= 0.6 is 11.3 Å². The smallest absolute Gasteiger partial charge is 0.306 e. The maximum atomic E-state index is 12.2. The maximum Gasteiger partial charge on any atom is 0.306 e. The van der Waals surface area contributed by atoms with E-state index in [9.17, 15) is 9.59 Å². The minimum absolute atomic E-state index is 0.0439. The lowest BCUT2D eigenvalue weighted by atomic mass is 9.99. The van der Waals surface area contributed by atoms with Gasteiger partial charge in [-0.2, -0.15) is 0 Å². The van der Waals surface area contributed by atoms with E-state index in [0.717, 1.165) is 37.4 Å². The minimum atomic E-state index is -0.765. The molecule has 0 unspecified atom stereocenters. The van der Waals surface area contributed by atoms with Gasteiger partial charge in [0.05, 0.1) is 10.9 Å². The maximum absolute atomic E-state index is 12.2. The predicted octanol–water partition coefficient (Wildman–Crippen LogP) is 1.59. The quantitative estimate of drug-likeness (QED) is 0.783. The highest BCUT2D eigenvalue weighted by Crippen LogP contribution is 2.29. The van der Waals surface area contributed by atoms with E-state index in [1.165, 1.54) is 0 Å². The molecule has 120 valence electrons. The van der Waals surface area contributed by atoms with Crippen LogP contribution < -0.4 is 10.6 Å². The van der Waals surface area contributed by atoms with Gasteiger partial charge in [0, 0.05) is 17.3 Å². The molecule has 2 heterocycles. The largest absolute Gasteiger partial charge is 0.481 e. The van der Waals surface area contributed by atoms with Crippen molar-refractivity contribution in [2.45, 2.75) is 44.1 Å². The minimum Gasteiger partial charge on any atom is -0.481 e. The number of aliphatic carboxylic acids is 1. The highest BCUT2D eigenvalue weighted by molar-refractivity contribution is 7.09. The van der Waals surface area contributed by atoms with Crippen LogP contribution in [0.5, 0.6) is 0 Å². The zero-order chi connectivity index (χ0) is 15.5. The number of hydrogen-bond donors (Lipinski definition) is 3. The molecule has 0 radical (unpaired) electrons. The van der Waals surface area contributed by atoms with Crippen molar-refractivity contribution in [3.63, 3.8) is 0 Å². The number of hydrogen-bond acceptors (Lipinski definition) is 5. The van der Waals surface area contributed by atoms with Gasteiger partial charge in [0.2, 0.25) is 0 Å². The zero-order valence-corrected chi connectivity index (χ0v) is 13.2. The molecule has 1 saturated heterocycles. The number of carboxylic acids is 1. The van der Waals surface area contributed by atoms with E-state index in [-0.39, 0.29) is 17.9 Å². The summed E-state index contributed by atoms with van der Waals surface area (Å²) in [5, 5.41) is 18.1. The normalized spacial score (nSPS) is 26.0. The summed E-state index contributed by atoms with van der Waals surface area (Å²) in [6.07, 6.45) is 4.02. The molecule has 7 heteroatoms. The summed E-state index contributed by atoms with van der Waals surface area (Å²) in [4.78, 5) is 27.7. The molecule has 3 N–H and O–H groups in total. The highest BCUT2D eigenvalue weighted by atomic mass is 32.1. The summed E-state index contributed by atoms with van der Waals surface area (Å²) in [6, 6.07) is -0.0439. The standard InChI is InChI=1S/C15H21N3O3S/c19-13(17-11-2-1-10(7-11)15(20)21)12-8-22-14(18-12)9-3-5-16-6-4-9/h8-11,16H,1-7H2,(H,17,19)(H,20,21)/t10-,11+/m1/s1. The molecule has 0 bridgehead atoms. The van der Waals surface area contributed by atoms with Crippen molar-refractivity contribution in [3.8, 4) is 0 Å². The Bertz CT molecular complexity index is 554. The van der Waals surface area contributed by atoms with E-state index in [1.807, 2.05) is 5.38 Å². The monoisotopic (exact) mass is 323 g/mol. The summed E-state index contributed by atoms with van der Waals surface area (Å²) in [5.41, 5.74) is 0.470. The SMILES string of the molecule is O=C(N[C@H]1CC[C@@H](C(=O)O)C1)c1csc(C2CCNCC2)n1. The lowest BCUT2D eigenvalue weighted by molar-refractivity contribution is -0.141. The molecular weight excluding hydrogens is 302 g/mol. The van der Waals surface area contributed by atoms with Gasteiger partial charge in [-0.3, -0.25) is 9.59 Å². The first kappa shape index (κ1) is 15.4. The van der Waals surface area contributed by atoms with E-state index >= 15 is 0 Å². The fourth-order valence-electron chi connectivity index (χ4n) is 3.24. The first-order chi connectivity index (χ1) is 10.6. The number of rotatable bonds is 4. The van der Waals surface area contributed by atoms with Crippen molar-refractivity contribution in [1.29, 1.82) is 0 Å². The summed E-state index contributed by atoms with van der Waals surface area (Å²) in [6.45, 7) is 2.01. The van der Waals surface area contributed by atoms with E-state index in [4.69, 9.17) is 5.11 Å². The Labute approximate surface area is 133 Å². The van der Waals surface area contributed by atoms with Gasteiger partial charge < -0.3 is 15.7 Å². The van der Waals surface area contributed by atoms with Crippen LogP contribution in [0.15, 0.2) is 5.38 Å². The fourth-order valence-corrected chi connectivity index (χ4v) is 4.22. The van der Waals surface area contributed by atoms with Crippen LogP contribution in [0.25, 0.3) is 0 Å². The number of thiazole rings is 1. The Kier molecular flexibility index (Phi) is 4.73. The second-order valence-electron chi connectivity index (χ2n) is 6.11. The van der Waals surface area contributed by atoms with Gasteiger partial charge in [0.15, 0.2) is 0 Å². The molecule has 2 aliphatic rings. The van der Waals surface area contributed by atoms with Crippen molar-refractivity contribution in [2.75, 3.05) is 13.1 Å². The Morgan fingerprint density at radius 2 is 2.05 bits per heavy atom. The average Bonchev–Trinajstić information content (AvgIpc) is 3.17. The van der Waals surface area contributed by atoms with E-state index in [1.54, 1.807) is 11.3 Å². The van der Waals surface area contributed by atoms with E-state index in [2.05, 4.69) is 15.6 Å². The molecule has 0 aromatic carbocycles. The van der Waals surface area contributed by atoms with E-state index in [0.29, 0.717) is 24.5 Å². The van der Waals surface area contributed by atoms with Gasteiger partial charge >= 0.3 is 5.97 Å².